The molecule has 4 aromatic heterocycles. The molecule has 0 radical (unpaired) electrons. The fraction of sp³-hybridized carbons (Fsp3) is 0.333. The van der Waals surface area contributed by atoms with Crippen LogP contribution in [0.4, 0.5) is 13.2 Å². The first-order chi connectivity index (χ1) is 16.3. The number of nitrogens with zero attached hydrogens (tertiary/aromatic N) is 8. The highest BCUT2D eigenvalue weighted by Gasteiger charge is 2.38. The highest BCUT2D eigenvalue weighted by molar-refractivity contribution is 5.80. The summed E-state index contributed by atoms with van der Waals surface area (Å²) in [7, 11) is 0. The van der Waals surface area contributed by atoms with Crippen LogP contribution in [0, 0.1) is 11.3 Å². The molecule has 4 heterocycles. The number of fused-ring (bicyclic) bond motifs is 1. The number of rotatable bonds is 4. The third kappa shape index (κ3) is 3.57. The minimum Gasteiger partial charge on any atom is -0.310 e. The van der Waals surface area contributed by atoms with Crippen LogP contribution >= 0.6 is 0 Å². The Hall–Kier alpha value is -4.21. The first kappa shape index (κ1) is 21.6. The van der Waals surface area contributed by atoms with E-state index >= 15 is 0 Å². The summed E-state index contributed by atoms with van der Waals surface area (Å²) in [6, 6.07) is 2.86. The van der Waals surface area contributed by atoms with E-state index < -0.39 is 23.5 Å². The van der Waals surface area contributed by atoms with Crippen molar-refractivity contribution in [1.29, 1.82) is 5.26 Å². The first-order valence-corrected chi connectivity index (χ1v) is 10.4. The minimum absolute atomic E-state index is 0.00445. The van der Waals surface area contributed by atoms with Crippen molar-refractivity contribution < 1.29 is 13.2 Å². The van der Waals surface area contributed by atoms with E-state index in [4.69, 9.17) is 0 Å². The Morgan fingerprint density at radius 2 is 1.88 bits per heavy atom. The van der Waals surface area contributed by atoms with Gasteiger partial charge in [-0.3, -0.25) is 9.78 Å². The summed E-state index contributed by atoms with van der Waals surface area (Å²) in [6.07, 6.45) is 1.90. The van der Waals surface area contributed by atoms with Gasteiger partial charge in [-0.25, -0.2) is 24.6 Å². The molecule has 0 spiro atoms. The molecular formula is C21H16F3N9O. The lowest BCUT2D eigenvalue weighted by Crippen LogP contribution is -2.28. The van der Waals surface area contributed by atoms with Crippen LogP contribution in [0.1, 0.15) is 66.4 Å². The van der Waals surface area contributed by atoms with Crippen LogP contribution in [0.2, 0.25) is 0 Å². The van der Waals surface area contributed by atoms with Crippen LogP contribution in [-0.2, 0) is 6.18 Å². The molecule has 5 rings (SSSR count). The van der Waals surface area contributed by atoms with Gasteiger partial charge in [0.15, 0.2) is 17.0 Å². The molecule has 13 heteroatoms. The molecule has 172 valence electrons. The highest BCUT2D eigenvalue weighted by Crippen LogP contribution is 2.46. The Balaban J connectivity index is 1.57. The molecule has 1 N–H and O–H groups in total. The van der Waals surface area contributed by atoms with Crippen LogP contribution in [0.25, 0.3) is 11.0 Å². The summed E-state index contributed by atoms with van der Waals surface area (Å²) in [4.78, 5) is 36.2. The number of nitrogens with one attached hydrogen (secondary N) is 1. The van der Waals surface area contributed by atoms with Gasteiger partial charge in [-0.15, -0.1) is 0 Å². The van der Waals surface area contributed by atoms with Crippen molar-refractivity contribution in [3.63, 3.8) is 0 Å². The molecule has 10 nitrogen and oxygen atoms in total. The van der Waals surface area contributed by atoms with Crippen molar-refractivity contribution in [2.75, 3.05) is 0 Å². The molecule has 1 aliphatic carbocycles. The largest absolute Gasteiger partial charge is 0.434 e. The predicted molar refractivity (Wildman–Crippen MR) is 110 cm³/mol. The van der Waals surface area contributed by atoms with E-state index in [1.54, 1.807) is 25.4 Å². The van der Waals surface area contributed by atoms with Gasteiger partial charge in [-0.1, -0.05) is 0 Å². The number of H-pyrrole nitrogens is 1. The lowest BCUT2D eigenvalue weighted by Gasteiger charge is -2.34. The molecule has 0 amide bonds. The van der Waals surface area contributed by atoms with E-state index in [9.17, 15) is 23.2 Å². The summed E-state index contributed by atoms with van der Waals surface area (Å²) in [5, 5.41) is 13.7. The number of hydrogen-bond donors (Lipinski definition) is 1. The Labute approximate surface area is 189 Å². The number of hydrogen-bond acceptors (Lipinski definition) is 8. The van der Waals surface area contributed by atoms with Crippen LogP contribution < -0.4 is 5.56 Å². The number of nitriles is 1. The monoisotopic (exact) mass is 467 g/mol. The molecule has 1 fully saturated rings. The quantitative estimate of drug-likeness (QED) is 0.483. The van der Waals surface area contributed by atoms with Crippen molar-refractivity contribution in [3.05, 3.63) is 69.9 Å². The van der Waals surface area contributed by atoms with E-state index in [0.717, 1.165) is 19.0 Å². The van der Waals surface area contributed by atoms with Crippen molar-refractivity contribution in [2.45, 2.75) is 43.8 Å². The van der Waals surface area contributed by atoms with Crippen molar-refractivity contribution >= 4 is 11.0 Å². The fourth-order valence-corrected chi connectivity index (χ4v) is 4.05. The van der Waals surface area contributed by atoms with Crippen molar-refractivity contribution in [1.82, 2.24) is 39.7 Å². The van der Waals surface area contributed by atoms with E-state index in [1.807, 2.05) is 6.07 Å². The summed E-state index contributed by atoms with van der Waals surface area (Å²) < 4.78 is 39.9. The van der Waals surface area contributed by atoms with Gasteiger partial charge in [0.25, 0.3) is 5.56 Å². The number of aromatic nitrogens is 8. The third-order valence-electron chi connectivity index (χ3n) is 5.99. The molecule has 0 aliphatic heterocycles. The predicted octanol–water partition coefficient (Wildman–Crippen LogP) is 2.86. The molecule has 0 saturated heterocycles. The molecule has 1 aliphatic rings. The van der Waals surface area contributed by atoms with E-state index in [0.29, 0.717) is 17.8 Å². The Bertz CT molecular complexity index is 1460. The Morgan fingerprint density at radius 3 is 2.47 bits per heavy atom. The van der Waals surface area contributed by atoms with Gasteiger partial charge in [0, 0.05) is 24.2 Å². The lowest BCUT2D eigenvalue weighted by molar-refractivity contribution is -0.141. The maximum Gasteiger partial charge on any atom is 0.434 e. The van der Waals surface area contributed by atoms with Crippen LogP contribution in [-0.4, -0.2) is 39.7 Å². The van der Waals surface area contributed by atoms with Crippen LogP contribution in [0.15, 0.2) is 35.6 Å². The van der Waals surface area contributed by atoms with E-state index in [1.165, 1.54) is 4.68 Å². The SMILES string of the molecule is CC(c1cnc(C(F)(F)F)cn1)n1nc(C#N)c2c(=O)[nH]c([C@@H]3CC[C@H]3c3ncccn3)nc21. The molecule has 0 aromatic carbocycles. The molecule has 34 heavy (non-hydrogen) atoms. The average molecular weight is 467 g/mol. The normalized spacial score (nSPS) is 18.9. The zero-order valence-corrected chi connectivity index (χ0v) is 17.7. The van der Waals surface area contributed by atoms with Crippen LogP contribution in [0.3, 0.4) is 0 Å². The summed E-state index contributed by atoms with van der Waals surface area (Å²) in [5.41, 5.74) is -1.47. The molecule has 3 atom stereocenters. The summed E-state index contributed by atoms with van der Waals surface area (Å²) >= 11 is 0. The second kappa shape index (κ2) is 7.98. The van der Waals surface area contributed by atoms with E-state index in [-0.39, 0.29) is 34.3 Å². The Morgan fingerprint density at radius 1 is 1.15 bits per heavy atom. The molecule has 4 aromatic rings. The molecule has 0 bridgehead atoms. The maximum absolute atomic E-state index is 12.9. The smallest absolute Gasteiger partial charge is 0.310 e. The van der Waals surface area contributed by atoms with E-state index in [2.05, 4.69) is 35.0 Å². The second-order valence-corrected chi connectivity index (χ2v) is 7.95. The van der Waals surface area contributed by atoms with Crippen LogP contribution in [0.5, 0.6) is 0 Å². The molecule has 1 unspecified atom stereocenters. The summed E-state index contributed by atoms with van der Waals surface area (Å²) in [5.74, 6) is 0.917. The maximum atomic E-state index is 12.9. The lowest BCUT2D eigenvalue weighted by atomic mass is 9.72. The molecule has 1 saturated carbocycles. The highest BCUT2D eigenvalue weighted by atomic mass is 19.4. The zero-order chi connectivity index (χ0) is 24.0. The van der Waals surface area contributed by atoms with Gasteiger partial charge in [0.2, 0.25) is 0 Å². The number of halogens is 3. The summed E-state index contributed by atoms with van der Waals surface area (Å²) in [6.45, 7) is 1.62. The van der Waals surface area contributed by atoms with Crippen molar-refractivity contribution in [3.8, 4) is 6.07 Å². The standard InChI is InChI=1S/C21H16F3N9O/c1-10(14-8-29-15(9-28-14)21(22,23)24)33-19-16(13(7-25)32-33)20(34)31-18(30-19)12-4-3-11(12)17-26-5-2-6-27-17/h2,5-6,8-12H,3-4H2,1H3,(H,30,31,34)/t10?,11-,12-/m1/s1. The second-order valence-electron chi connectivity index (χ2n) is 7.95. The van der Waals surface area contributed by atoms with Crippen molar-refractivity contribution in [2.24, 2.45) is 0 Å². The topological polar surface area (TPSA) is 139 Å². The minimum atomic E-state index is -4.62. The fourth-order valence-electron chi connectivity index (χ4n) is 4.05. The van der Waals surface area contributed by atoms with Gasteiger partial charge in [-0.2, -0.15) is 23.5 Å². The third-order valence-corrected chi connectivity index (χ3v) is 5.99. The number of alkyl halides is 3. The van der Waals surface area contributed by atoms with Gasteiger partial charge in [0.05, 0.1) is 24.1 Å². The van der Waals surface area contributed by atoms with Gasteiger partial charge in [0.1, 0.15) is 23.1 Å². The van der Waals surface area contributed by atoms with Gasteiger partial charge >= 0.3 is 6.18 Å². The van der Waals surface area contributed by atoms with Gasteiger partial charge < -0.3 is 4.98 Å². The Kier molecular flexibility index (Phi) is 5.07. The number of aromatic amines is 1. The average Bonchev–Trinajstić information content (AvgIpc) is 3.17. The zero-order valence-electron chi connectivity index (χ0n) is 17.7. The first-order valence-electron chi connectivity index (χ1n) is 10.4. The molecular weight excluding hydrogens is 451 g/mol. The van der Waals surface area contributed by atoms with Gasteiger partial charge in [-0.05, 0) is 25.8 Å².